The van der Waals surface area contributed by atoms with Crippen LogP contribution in [0.2, 0.25) is 0 Å². The van der Waals surface area contributed by atoms with Gasteiger partial charge in [-0.1, -0.05) is 31.6 Å². The first kappa shape index (κ1) is 15.9. The summed E-state index contributed by atoms with van der Waals surface area (Å²) in [4.78, 5) is 12.0. The highest BCUT2D eigenvalue weighted by Crippen LogP contribution is 2.26. The van der Waals surface area contributed by atoms with Crippen LogP contribution in [0, 0.1) is 0 Å². The lowest BCUT2D eigenvalue weighted by Crippen LogP contribution is -2.29. The summed E-state index contributed by atoms with van der Waals surface area (Å²) in [5, 5.41) is 23.4. The molecule has 1 atom stereocenters. The maximum absolute atomic E-state index is 12.0. The fraction of sp³-hybridized carbons (Fsp3) is 0.643. The quantitative estimate of drug-likeness (QED) is 0.844. The Morgan fingerprint density at radius 1 is 1.35 bits per heavy atom. The molecule has 23 heavy (non-hydrogen) atoms. The van der Waals surface area contributed by atoms with Gasteiger partial charge < -0.3 is 9.88 Å². The van der Waals surface area contributed by atoms with Crippen LogP contribution in [0.3, 0.4) is 0 Å². The molecule has 2 aromatic heterocycles. The van der Waals surface area contributed by atoms with Crippen molar-refractivity contribution in [2.45, 2.75) is 58.5 Å². The van der Waals surface area contributed by atoms with Crippen LogP contribution in [-0.4, -0.2) is 31.0 Å². The summed E-state index contributed by atoms with van der Waals surface area (Å²) in [7, 11) is 0. The van der Waals surface area contributed by atoms with E-state index in [0.717, 1.165) is 48.9 Å². The topological polar surface area (TPSA) is 97.6 Å². The number of urea groups is 1. The number of carbonyl (C=O) groups excluding carboxylic acids is 1. The third-order valence-electron chi connectivity index (χ3n) is 3.90. The molecule has 0 fully saturated rings. The fourth-order valence-electron chi connectivity index (χ4n) is 2.68. The summed E-state index contributed by atoms with van der Waals surface area (Å²) >= 11 is 1.43. The van der Waals surface area contributed by atoms with Crippen molar-refractivity contribution < 1.29 is 4.79 Å². The molecule has 1 aliphatic heterocycles. The minimum absolute atomic E-state index is 0.300. The van der Waals surface area contributed by atoms with Crippen molar-refractivity contribution in [1.82, 2.24) is 30.3 Å². The van der Waals surface area contributed by atoms with Gasteiger partial charge in [-0.2, -0.15) is 0 Å². The van der Waals surface area contributed by atoms with E-state index in [9.17, 15) is 4.79 Å². The molecular formula is C14H21N7OS. The highest BCUT2D eigenvalue weighted by Gasteiger charge is 2.18. The largest absolute Gasteiger partial charge is 0.331 e. The maximum atomic E-state index is 12.0. The Kier molecular flexibility index (Phi) is 4.85. The lowest BCUT2D eigenvalue weighted by Gasteiger charge is -2.05. The molecule has 0 aliphatic carbocycles. The Morgan fingerprint density at radius 3 is 3.04 bits per heavy atom. The highest BCUT2D eigenvalue weighted by atomic mass is 32.1. The van der Waals surface area contributed by atoms with Crippen molar-refractivity contribution in [3.8, 4) is 0 Å². The van der Waals surface area contributed by atoms with Crippen molar-refractivity contribution in [2.24, 2.45) is 0 Å². The van der Waals surface area contributed by atoms with Crippen molar-refractivity contribution >= 4 is 22.5 Å². The molecule has 0 saturated heterocycles. The third kappa shape index (κ3) is 3.66. The zero-order valence-corrected chi connectivity index (χ0v) is 14.2. The maximum Gasteiger partial charge on any atom is 0.321 e. The van der Waals surface area contributed by atoms with E-state index in [2.05, 4.69) is 49.4 Å². The van der Waals surface area contributed by atoms with E-state index in [1.807, 2.05) is 0 Å². The number of hydrogen-bond acceptors (Lipinski definition) is 6. The normalized spacial score (nSPS) is 14.5. The summed E-state index contributed by atoms with van der Waals surface area (Å²) in [5.74, 6) is 2.16. The summed E-state index contributed by atoms with van der Waals surface area (Å²) in [6, 6.07) is -0.300. The van der Waals surface area contributed by atoms with E-state index in [-0.39, 0.29) is 6.03 Å². The summed E-state index contributed by atoms with van der Waals surface area (Å²) in [6.45, 7) is 5.55. The molecular weight excluding hydrogens is 314 g/mol. The van der Waals surface area contributed by atoms with Crippen molar-refractivity contribution in [1.29, 1.82) is 0 Å². The van der Waals surface area contributed by atoms with Crippen LogP contribution < -0.4 is 10.6 Å². The van der Waals surface area contributed by atoms with Crippen LogP contribution in [-0.2, 0) is 19.5 Å². The molecule has 0 saturated carbocycles. The first-order chi connectivity index (χ1) is 11.2. The second-order valence-corrected chi connectivity index (χ2v) is 6.74. The molecule has 2 aromatic rings. The molecule has 0 bridgehead atoms. The number of nitrogens with one attached hydrogen (secondary N) is 2. The molecule has 2 amide bonds. The van der Waals surface area contributed by atoms with Gasteiger partial charge >= 0.3 is 6.03 Å². The molecule has 124 valence electrons. The number of rotatable bonds is 6. The Morgan fingerprint density at radius 2 is 2.22 bits per heavy atom. The van der Waals surface area contributed by atoms with Gasteiger partial charge in [-0.3, -0.25) is 5.32 Å². The molecule has 3 rings (SSSR count). The predicted molar refractivity (Wildman–Crippen MR) is 87.4 cm³/mol. The number of amides is 2. The zero-order valence-electron chi connectivity index (χ0n) is 13.4. The minimum Gasteiger partial charge on any atom is -0.331 e. The van der Waals surface area contributed by atoms with E-state index in [0.29, 0.717) is 17.6 Å². The minimum atomic E-state index is -0.300. The van der Waals surface area contributed by atoms with Crippen molar-refractivity contribution in [3.63, 3.8) is 0 Å². The molecule has 0 unspecified atom stereocenters. The van der Waals surface area contributed by atoms with Crippen LogP contribution in [0.25, 0.3) is 0 Å². The summed E-state index contributed by atoms with van der Waals surface area (Å²) in [5.41, 5.74) is 0. The van der Waals surface area contributed by atoms with Gasteiger partial charge in [-0.25, -0.2) is 4.79 Å². The second kappa shape index (κ2) is 7.03. The lowest BCUT2D eigenvalue weighted by molar-refractivity contribution is 0.251. The van der Waals surface area contributed by atoms with Crippen molar-refractivity contribution in [3.05, 3.63) is 16.7 Å². The van der Waals surface area contributed by atoms with E-state index < -0.39 is 0 Å². The SMILES string of the molecule is CCC[C@H](C)c1nnc(NC(=O)NCc2nnc3n2CCC3)s1. The first-order valence-corrected chi connectivity index (χ1v) is 8.78. The monoisotopic (exact) mass is 335 g/mol. The molecule has 0 radical (unpaired) electrons. The van der Waals surface area contributed by atoms with Gasteiger partial charge in [0.15, 0.2) is 5.82 Å². The molecule has 0 spiro atoms. The Balaban J connectivity index is 1.51. The van der Waals surface area contributed by atoms with E-state index in [4.69, 9.17) is 0 Å². The zero-order chi connectivity index (χ0) is 16.2. The predicted octanol–water partition coefficient (Wildman–Crippen LogP) is 2.30. The Bertz CT molecular complexity index is 680. The average Bonchev–Trinajstić information content (AvgIpc) is 3.22. The fourth-order valence-corrected chi connectivity index (χ4v) is 3.51. The van der Waals surface area contributed by atoms with Gasteiger partial charge in [-0.15, -0.1) is 20.4 Å². The van der Waals surface area contributed by atoms with Gasteiger partial charge in [-0.05, 0) is 12.8 Å². The number of aryl methyl sites for hydroxylation is 1. The van der Waals surface area contributed by atoms with Crippen LogP contribution >= 0.6 is 11.3 Å². The number of nitrogens with zero attached hydrogens (tertiary/aromatic N) is 5. The van der Waals surface area contributed by atoms with E-state index in [1.165, 1.54) is 11.3 Å². The lowest BCUT2D eigenvalue weighted by atomic mass is 10.1. The van der Waals surface area contributed by atoms with E-state index in [1.54, 1.807) is 0 Å². The molecule has 2 N–H and O–H groups in total. The average molecular weight is 335 g/mol. The number of fused-ring (bicyclic) bond motifs is 1. The summed E-state index contributed by atoms with van der Waals surface area (Å²) in [6.07, 6.45) is 4.22. The molecule has 1 aliphatic rings. The van der Waals surface area contributed by atoms with Gasteiger partial charge in [0.2, 0.25) is 5.13 Å². The van der Waals surface area contributed by atoms with Crippen LogP contribution in [0.1, 0.15) is 55.7 Å². The number of anilines is 1. The van der Waals surface area contributed by atoms with Crippen LogP contribution in [0.15, 0.2) is 0 Å². The van der Waals surface area contributed by atoms with Crippen LogP contribution in [0.4, 0.5) is 9.93 Å². The van der Waals surface area contributed by atoms with Crippen molar-refractivity contribution in [2.75, 3.05) is 5.32 Å². The Hall–Kier alpha value is -2.03. The standard InChI is InChI=1S/C14H21N7OS/c1-3-5-9(2)12-19-20-14(23-12)16-13(22)15-8-11-18-17-10-6-4-7-21(10)11/h9H,3-8H2,1-2H3,(H2,15,16,20,22)/t9-/m0/s1. The van der Waals surface area contributed by atoms with Gasteiger partial charge in [0.05, 0.1) is 6.54 Å². The van der Waals surface area contributed by atoms with E-state index >= 15 is 0 Å². The Labute approximate surface area is 138 Å². The molecule has 0 aromatic carbocycles. The molecule has 9 heteroatoms. The number of carbonyl (C=O) groups is 1. The number of hydrogen-bond donors (Lipinski definition) is 2. The number of aromatic nitrogens is 5. The highest BCUT2D eigenvalue weighted by molar-refractivity contribution is 7.15. The molecule has 3 heterocycles. The third-order valence-corrected chi connectivity index (χ3v) is 4.97. The summed E-state index contributed by atoms with van der Waals surface area (Å²) < 4.78 is 2.07. The van der Waals surface area contributed by atoms with Gasteiger partial charge in [0.1, 0.15) is 10.8 Å². The van der Waals surface area contributed by atoms with Gasteiger partial charge in [0, 0.05) is 18.9 Å². The van der Waals surface area contributed by atoms with Crippen LogP contribution in [0.5, 0.6) is 0 Å². The van der Waals surface area contributed by atoms with Gasteiger partial charge in [0.25, 0.3) is 0 Å². The first-order valence-electron chi connectivity index (χ1n) is 7.96. The smallest absolute Gasteiger partial charge is 0.321 e. The second-order valence-electron chi connectivity index (χ2n) is 5.73. The molecule has 8 nitrogen and oxygen atoms in total.